The lowest BCUT2D eigenvalue weighted by Crippen LogP contribution is -2.23. The van der Waals surface area contributed by atoms with E-state index in [1.807, 2.05) is 24.3 Å². The molecule has 0 aromatic heterocycles. The molecule has 0 N–H and O–H groups in total. The molecule has 2 rings (SSSR count). The second kappa shape index (κ2) is 5.08. The molecule has 1 aromatic carbocycles. The summed E-state index contributed by atoms with van der Waals surface area (Å²) >= 11 is 0. The summed E-state index contributed by atoms with van der Waals surface area (Å²) in [7, 11) is 3.09. The van der Waals surface area contributed by atoms with Gasteiger partial charge in [-0.1, -0.05) is 0 Å². The van der Waals surface area contributed by atoms with Crippen LogP contribution in [0.15, 0.2) is 24.3 Å². The van der Waals surface area contributed by atoms with Crippen LogP contribution >= 0.6 is 0 Å². The van der Waals surface area contributed by atoms with Crippen molar-refractivity contribution in [1.82, 2.24) is 0 Å². The van der Waals surface area contributed by atoms with Gasteiger partial charge in [-0.3, -0.25) is 4.79 Å². The minimum atomic E-state index is -0.110. The maximum absolute atomic E-state index is 11.4. The summed E-state index contributed by atoms with van der Waals surface area (Å²) in [6, 6.07) is 7.89. The fourth-order valence-corrected chi connectivity index (χ4v) is 2.15. The van der Waals surface area contributed by atoms with Crippen molar-refractivity contribution in [3.8, 4) is 5.75 Å². The Bertz CT molecular complexity index is 388. The van der Waals surface area contributed by atoms with Gasteiger partial charge < -0.3 is 14.4 Å². The molecule has 0 radical (unpaired) electrons. The zero-order valence-electron chi connectivity index (χ0n) is 10.2. The van der Waals surface area contributed by atoms with E-state index in [1.54, 1.807) is 7.11 Å². The lowest BCUT2D eigenvalue weighted by atomic mass is 10.1. The van der Waals surface area contributed by atoms with Crippen LogP contribution in [0.3, 0.4) is 0 Å². The van der Waals surface area contributed by atoms with Gasteiger partial charge in [0.2, 0.25) is 0 Å². The molecule has 92 valence electrons. The summed E-state index contributed by atoms with van der Waals surface area (Å²) in [4.78, 5) is 13.6. The van der Waals surface area contributed by atoms with Crippen molar-refractivity contribution in [3.05, 3.63) is 24.3 Å². The van der Waals surface area contributed by atoms with E-state index < -0.39 is 0 Å². The van der Waals surface area contributed by atoms with Crippen LogP contribution in [0, 0.1) is 5.92 Å². The molecule has 1 saturated heterocycles. The van der Waals surface area contributed by atoms with Crippen LogP contribution in [0.1, 0.15) is 6.42 Å². The second-order valence-electron chi connectivity index (χ2n) is 4.15. The minimum absolute atomic E-state index is 0.00195. The van der Waals surface area contributed by atoms with E-state index in [0.717, 1.165) is 30.9 Å². The van der Waals surface area contributed by atoms with Gasteiger partial charge in [0.15, 0.2) is 0 Å². The highest BCUT2D eigenvalue weighted by Crippen LogP contribution is 2.26. The standard InChI is InChI=1S/C13H17NO3/c1-16-12-5-3-11(4-6-12)14-8-7-10(9-14)13(15)17-2/h3-6,10H,7-9H2,1-2H3. The quantitative estimate of drug-likeness (QED) is 0.747. The van der Waals surface area contributed by atoms with Gasteiger partial charge in [0.1, 0.15) is 5.75 Å². The molecule has 0 spiro atoms. The average Bonchev–Trinajstić information content (AvgIpc) is 2.87. The zero-order chi connectivity index (χ0) is 12.3. The van der Waals surface area contributed by atoms with Crippen molar-refractivity contribution in [2.24, 2.45) is 5.92 Å². The number of hydrogen-bond acceptors (Lipinski definition) is 4. The molecule has 0 bridgehead atoms. The first-order valence-corrected chi connectivity index (χ1v) is 5.71. The van der Waals surface area contributed by atoms with E-state index in [-0.39, 0.29) is 11.9 Å². The second-order valence-corrected chi connectivity index (χ2v) is 4.15. The third-order valence-electron chi connectivity index (χ3n) is 3.16. The Morgan fingerprint density at radius 1 is 1.29 bits per heavy atom. The Balaban J connectivity index is 2.02. The van der Waals surface area contributed by atoms with E-state index in [9.17, 15) is 4.79 Å². The van der Waals surface area contributed by atoms with Crippen LogP contribution in [-0.4, -0.2) is 33.3 Å². The van der Waals surface area contributed by atoms with Gasteiger partial charge >= 0.3 is 5.97 Å². The van der Waals surface area contributed by atoms with Gasteiger partial charge in [-0.15, -0.1) is 0 Å². The normalized spacial score (nSPS) is 19.2. The van der Waals surface area contributed by atoms with E-state index in [4.69, 9.17) is 9.47 Å². The topological polar surface area (TPSA) is 38.8 Å². The molecule has 4 nitrogen and oxygen atoms in total. The van der Waals surface area contributed by atoms with Crippen molar-refractivity contribution in [1.29, 1.82) is 0 Å². The fourth-order valence-electron chi connectivity index (χ4n) is 2.15. The largest absolute Gasteiger partial charge is 0.497 e. The first kappa shape index (κ1) is 11.8. The van der Waals surface area contributed by atoms with Gasteiger partial charge in [-0.2, -0.15) is 0 Å². The highest BCUT2D eigenvalue weighted by Gasteiger charge is 2.28. The number of hydrogen-bond donors (Lipinski definition) is 0. The molecule has 1 aromatic rings. The SMILES string of the molecule is COC(=O)C1CCN(c2ccc(OC)cc2)C1. The third-order valence-corrected chi connectivity index (χ3v) is 3.16. The van der Waals surface area contributed by atoms with Crippen molar-refractivity contribution in [2.45, 2.75) is 6.42 Å². The van der Waals surface area contributed by atoms with Crippen molar-refractivity contribution in [3.63, 3.8) is 0 Å². The summed E-state index contributed by atoms with van der Waals surface area (Å²) in [6.45, 7) is 1.63. The lowest BCUT2D eigenvalue weighted by Gasteiger charge is -2.18. The Kier molecular flexibility index (Phi) is 3.52. The fraction of sp³-hybridized carbons (Fsp3) is 0.462. The zero-order valence-corrected chi connectivity index (χ0v) is 10.2. The van der Waals surface area contributed by atoms with E-state index in [2.05, 4.69) is 4.90 Å². The molecular weight excluding hydrogens is 218 g/mol. The van der Waals surface area contributed by atoms with Gasteiger partial charge in [0.05, 0.1) is 20.1 Å². The molecule has 1 aliphatic rings. The molecule has 17 heavy (non-hydrogen) atoms. The first-order valence-electron chi connectivity index (χ1n) is 5.71. The Hall–Kier alpha value is -1.71. The van der Waals surface area contributed by atoms with Crippen LogP contribution in [0.25, 0.3) is 0 Å². The molecular formula is C13H17NO3. The summed E-state index contributed by atoms with van der Waals surface area (Å²) < 4.78 is 9.89. The molecule has 4 heteroatoms. The monoisotopic (exact) mass is 235 g/mol. The maximum Gasteiger partial charge on any atom is 0.310 e. The van der Waals surface area contributed by atoms with Gasteiger partial charge in [0.25, 0.3) is 0 Å². The molecule has 1 aliphatic heterocycles. The average molecular weight is 235 g/mol. The number of esters is 1. The predicted molar refractivity (Wildman–Crippen MR) is 65.3 cm³/mol. The highest BCUT2D eigenvalue weighted by molar-refractivity contribution is 5.74. The number of ether oxygens (including phenoxy) is 2. The lowest BCUT2D eigenvalue weighted by molar-refractivity contribution is -0.144. The minimum Gasteiger partial charge on any atom is -0.497 e. The summed E-state index contributed by atoms with van der Waals surface area (Å²) in [5.74, 6) is 0.737. The highest BCUT2D eigenvalue weighted by atomic mass is 16.5. The van der Waals surface area contributed by atoms with E-state index in [0.29, 0.717) is 0 Å². The molecule has 0 aliphatic carbocycles. The Morgan fingerprint density at radius 3 is 2.59 bits per heavy atom. The summed E-state index contributed by atoms with van der Waals surface area (Å²) in [5, 5.41) is 0. The van der Waals surface area contributed by atoms with Gasteiger partial charge in [-0.05, 0) is 30.7 Å². The van der Waals surface area contributed by atoms with Crippen LogP contribution in [0.4, 0.5) is 5.69 Å². The number of methoxy groups -OCH3 is 2. The molecule has 0 saturated carbocycles. The van der Waals surface area contributed by atoms with Gasteiger partial charge in [-0.25, -0.2) is 0 Å². The first-order chi connectivity index (χ1) is 8.24. The molecule has 1 unspecified atom stereocenters. The summed E-state index contributed by atoms with van der Waals surface area (Å²) in [6.07, 6.45) is 0.860. The smallest absolute Gasteiger partial charge is 0.310 e. The van der Waals surface area contributed by atoms with Crippen LogP contribution < -0.4 is 9.64 Å². The Morgan fingerprint density at radius 2 is 2.00 bits per heavy atom. The molecule has 1 fully saturated rings. The van der Waals surface area contributed by atoms with E-state index >= 15 is 0 Å². The number of carbonyl (C=O) groups excluding carboxylic acids is 1. The summed E-state index contributed by atoms with van der Waals surface area (Å²) in [5.41, 5.74) is 1.12. The number of rotatable bonds is 3. The molecule has 0 amide bonds. The van der Waals surface area contributed by atoms with Crippen molar-refractivity contribution in [2.75, 3.05) is 32.2 Å². The maximum atomic E-state index is 11.4. The third kappa shape index (κ3) is 2.52. The van der Waals surface area contributed by atoms with Crippen molar-refractivity contribution < 1.29 is 14.3 Å². The van der Waals surface area contributed by atoms with E-state index in [1.165, 1.54) is 7.11 Å². The Labute approximate surface area is 101 Å². The van der Waals surface area contributed by atoms with Crippen LogP contribution in [-0.2, 0) is 9.53 Å². The molecule has 1 heterocycles. The van der Waals surface area contributed by atoms with Gasteiger partial charge in [0, 0.05) is 18.8 Å². The van der Waals surface area contributed by atoms with Crippen LogP contribution in [0.2, 0.25) is 0 Å². The molecule has 1 atom stereocenters. The van der Waals surface area contributed by atoms with Crippen LogP contribution in [0.5, 0.6) is 5.75 Å². The predicted octanol–water partition coefficient (Wildman–Crippen LogP) is 1.69. The number of carbonyl (C=O) groups is 1. The number of nitrogens with zero attached hydrogens (tertiary/aromatic N) is 1. The number of benzene rings is 1. The van der Waals surface area contributed by atoms with Crippen molar-refractivity contribution >= 4 is 11.7 Å². The number of anilines is 1.